The largest absolute Gasteiger partial charge is 0.373 e. The van der Waals surface area contributed by atoms with E-state index in [2.05, 4.69) is 23.7 Å². The van der Waals surface area contributed by atoms with Crippen molar-refractivity contribution in [2.75, 3.05) is 13.1 Å². The molecule has 1 aliphatic rings. The molecule has 4 rings (SSSR count). The van der Waals surface area contributed by atoms with Crippen LogP contribution in [0.2, 0.25) is 0 Å². The van der Waals surface area contributed by atoms with Crippen molar-refractivity contribution >= 4 is 32.5 Å². The summed E-state index contributed by atoms with van der Waals surface area (Å²) in [5, 5.41) is 2.73. The second-order valence-corrected chi connectivity index (χ2v) is 7.77. The van der Waals surface area contributed by atoms with Crippen LogP contribution < -0.4 is 5.56 Å². The first-order chi connectivity index (χ1) is 11.5. The second kappa shape index (κ2) is 5.95. The molecule has 0 radical (unpaired) electrons. The van der Waals surface area contributed by atoms with Crippen LogP contribution in [0.4, 0.5) is 0 Å². The normalized spacial score (nSPS) is 22.5. The van der Waals surface area contributed by atoms with Gasteiger partial charge in [0.05, 0.1) is 18.8 Å². The number of fused-ring (bicyclic) bond motifs is 3. The Morgan fingerprint density at radius 1 is 1.33 bits per heavy atom. The summed E-state index contributed by atoms with van der Waals surface area (Å²) in [6, 6.07) is 5.82. The minimum atomic E-state index is -0.0370. The Kier molecular flexibility index (Phi) is 3.90. The van der Waals surface area contributed by atoms with Gasteiger partial charge in [-0.25, -0.2) is 4.98 Å². The lowest BCUT2D eigenvalue weighted by Crippen LogP contribution is -2.44. The van der Waals surface area contributed by atoms with Crippen LogP contribution in [0.15, 0.2) is 23.0 Å². The van der Waals surface area contributed by atoms with Gasteiger partial charge in [-0.1, -0.05) is 23.5 Å². The first kappa shape index (κ1) is 15.7. The number of benzene rings is 1. The molecule has 1 fully saturated rings. The van der Waals surface area contributed by atoms with Gasteiger partial charge in [-0.05, 0) is 32.4 Å². The zero-order valence-electron chi connectivity index (χ0n) is 14.1. The highest BCUT2D eigenvalue weighted by molar-refractivity contribution is 7.18. The van der Waals surface area contributed by atoms with Gasteiger partial charge in [0.25, 0.3) is 5.56 Å². The van der Waals surface area contributed by atoms with Crippen LogP contribution in [0.5, 0.6) is 0 Å². The van der Waals surface area contributed by atoms with Crippen LogP contribution in [0.1, 0.15) is 24.4 Å². The Hall–Kier alpha value is -1.76. The van der Waals surface area contributed by atoms with Gasteiger partial charge in [-0.2, -0.15) is 0 Å². The topological polar surface area (TPSA) is 58.2 Å². The van der Waals surface area contributed by atoms with Crippen molar-refractivity contribution < 1.29 is 4.74 Å². The minimum Gasteiger partial charge on any atom is -0.373 e. The van der Waals surface area contributed by atoms with Crippen LogP contribution in [0, 0.1) is 6.92 Å². The van der Waals surface area contributed by atoms with Crippen molar-refractivity contribution in [2.24, 2.45) is 0 Å². The highest BCUT2D eigenvalue weighted by Gasteiger charge is 2.23. The maximum absolute atomic E-state index is 12.3. The lowest BCUT2D eigenvalue weighted by atomic mass is 10.1. The SMILES string of the molecule is Cc1cccc2c(=O)[nH]c3sc(CN4C[C@@H](C)O[C@@H](C)C4)nc3c12. The monoisotopic (exact) mass is 343 g/mol. The number of morpholine rings is 1. The van der Waals surface area contributed by atoms with Gasteiger partial charge in [-0.15, -0.1) is 0 Å². The molecule has 5 nitrogen and oxygen atoms in total. The van der Waals surface area contributed by atoms with E-state index >= 15 is 0 Å². The molecule has 0 amide bonds. The molecule has 3 aromatic rings. The van der Waals surface area contributed by atoms with Crippen LogP contribution in [0.3, 0.4) is 0 Å². The zero-order valence-corrected chi connectivity index (χ0v) is 14.9. The summed E-state index contributed by atoms with van der Waals surface area (Å²) >= 11 is 1.58. The van der Waals surface area contributed by atoms with Crippen LogP contribution >= 0.6 is 11.3 Å². The van der Waals surface area contributed by atoms with E-state index in [0.717, 1.165) is 45.9 Å². The Bertz CT molecular complexity index is 952. The van der Waals surface area contributed by atoms with Crippen molar-refractivity contribution in [2.45, 2.75) is 39.5 Å². The molecular weight excluding hydrogens is 322 g/mol. The molecule has 2 aromatic heterocycles. The maximum atomic E-state index is 12.3. The van der Waals surface area contributed by atoms with E-state index in [1.54, 1.807) is 11.3 Å². The molecule has 1 saturated heterocycles. The first-order valence-corrected chi connectivity index (χ1v) is 9.11. The molecule has 0 unspecified atom stereocenters. The number of hydrogen-bond acceptors (Lipinski definition) is 5. The lowest BCUT2D eigenvalue weighted by molar-refractivity contribution is -0.0704. The molecule has 1 N–H and O–H groups in total. The maximum Gasteiger partial charge on any atom is 0.257 e. The summed E-state index contributed by atoms with van der Waals surface area (Å²) in [6.07, 6.45) is 0.483. The summed E-state index contributed by atoms with van der Waals surface area (Å²) in [5.74, 6) is 0. The fraction of sp³-hybridized carbons (Fsp3) is 0.444. The molecule has 24 heavy (non-hydrogen) atoms. The van der Waals surface area contributed by atoms with Gasteiger partial charge >= 0.3 is 0 Å². The lowest BCUT2D eigenvalue weighted by Gasteiger charge is -2.34. The number of nitrogens with one attached hydrogen (secondary N) is 1. The second-order valence-electron chi connectivity index (χ2n) is 6.69. The molecule has 0 bridgehead atoms. The average molecular weight is 343 g/mol. The molecule has 1 aliphatic heterocycles. The van der Waals surface area contributed by atoms with Gasteiger partial charge in [0.1, 0.15) is 15.4 Å². The molecule has 6 heteroatoms. The summed E-state index contributed by atoms with van der Waals surface area (Å²) in [7, 11) is 0. The number of thiazole rings is 1. The Labute approximate surface area is 144 Å². The van der Waals surface area contributed by atoms with Crippen LogP contribution in [0.25, 0.3) is 21.1 Å². The number of aromatic nitrogens is 2. The fourth-order valence-corrected chi connectivity index (χ4v) is 4.64. The molecule has 2 atom stereocenters. The van der Waals surface area contributed by atoms with Crippen molar-refractivity contribution in [3.63, 3.8) is 0 Å². The first-order valence-electron chi connectivity index (χ1n) is 8.30. The van der Waals surface area contributed by atoms with E-state index in [-0.39, 0.29) is 17.8 Å². The predicted octanol–water partition coefficient (Wildman–Crippen LogP) is 3.06. The van der Waals surface area contributed by atoms with E-state index in [1.165, 1.54) is 0 Å². The Morgan fingerprint density at radius 3 is 2.83 bits per heavy atom. The van der Waals surface area contributed by atoms with Crippen LogP contribution in [-0.4, -0.2) is 40.2 Å². The summed E-state index contributed by atoms with van der Waals surface area (Å²) in [6.45, 7) is 8.87. The van der Waals surface area contributed by atoms with E-state index in [0.29, 0.717) is 5.39 Å². The van der Waals surface area contributed by atoms with Crippen molar-refractivity contribution in [1.82, 2.24) is 14.9 Å². The van der Waals surface area contributed by atoms with Crippen molar-refractivity contribution in [3.05, 3.63) is 39.1 Å². The molecule has 0 spiro atoms. The molecular formula is C18H21N3O2S. The molecule has 0 saturated carbocycles. The third-order valence-corrected chi connectivity index (χ3v) is 5.46. The van der Waals surface area contributed by atoms with Crippen molar-refractivity contribution in [1.29, 1.82) is 0 Å². The smallest absolute Gasteiger partial charge is 0.257 e. The number of rotatable bonds is 2. The number of aromatic amines is 1. The zero-order chi connectivity index (χ0) is 16.8. The van der Waals surface area contributed by atoms with Crippen LogP contribution in [-0.2, 0) is 11.3 Å². The number of nitrogens with zero attached hydrogens (tertiary/aromatic N) is 2. The summed E-state index contributed by atoms with van der Waals surface area (Å²) in [5.41, 5.74) is 1.97. The molecule has 3 heterocycles. The van der Waals surface area contributed by atoms with Gasteiger partial charge in [0.15, 0.2) is 0 Å². The minimum absolute atomic E-state index is 0.0370. The fourth-order valence-electron chi connectivity index (χ4n) is 3.63. The average Bonchev–Trinajstić information content (AvgIpc) is 2.88. The number of aryl methyl sites for hydroxylation is 1. The summed E-state index contributed by atoms with van der Waals surface area (Å²) < 4.78 is 5.80. The standard InChI is InChI=1S/C18H21N3O2S/c1-10-5-4-6-13-15(10)16-18(20-17(13)22)24-14(19-16)9-21-7-11(2)23-12(3)8-21/h4-6,11-12H,7-9H2,1-3H3,(H,20,22)/t11-,12+. The third-order valence-electron chi connectivity index (χ3n) is 4.51. The third kappa shape index (κ3) is 2.75. The van der Waals surface area contributed by atoms with Gasteiger partial charge in [0, 0.05) is 23.9 Å². The Morgan fingerprint density at radius 2 is 2.08 bits per heavy atom. The summed E-state index contributed by atoms with van der Waals surface area (Å²) in [4.78, 5) is 23.4. The number of H-pyrrole nitrogens is 1. The number of hydrogen-bond donors (Lipinski definition) is 1. The van der Waals surface area contributed by atoms with Gasteiger partial charge in [0.2, 0.25) is 0 Å². The molecule has 1 aromatic carbocycles. The molecule has 0 aliphatic carbocycles. The predicted molar refractivity (Wildman–Crippen MR) is 97.8 cm³/mol. The highest BCUT2D eigenvalue weighted by Crippen LogP contribution is 2.28. The van der Waals surface area contributed by atoms with E-state index in [9.17, 15) is 4.79 Å². The van der Waals surface area contributed by atoms with E-state index < -0.39 is 0 Å². The quantitative estimate of drug-likeness (QED) is 0.777. The Balaban J connectivity index is 1.76. The molecule has 126 valence electrons. The van der Waals surface area contributed by atoms with Gasteiger partial charge < -0.3 is 9.72 Å². The van der Waals surface area contributed by atoms with Crippen molar-refractivity contribution in [3.8, 4) is 0 Å². The number of pyridine rings is 1. The highest BCUT2D eigenvalue weighted by atomic mass is 32.1. The van der Waals surface area contributed by atoms with E-state index in [4.69, 9.17) is 9.72 Å². The van der Waals surface area contributed by atoms with Gasteiger partial charge in [-0.3, -0.25) is 9.69 Å². The number of ether oxygens (including phenoxy) is 1. The van der Waals surface area contributed by atoms with E-state index in [1.807, 2.05) is 25.1 Å².